The Kier molecular flexibility index (Phi) is 4.58. The number of nitrogens with zero attached hydrogens (tertiary/aromatic N) is 4. The van der Waals surface area contributed by atoms with Crippen LogP contribution in [0, 0.1) is 5.92 Å². The van der Waals surface area contributed by atoms with Crippen LogP contribution >= 0.6 is 0 Å². The molecule has 2 saturated heterocycles. The molecule has 0 radical (unpaired) electrons. The summed E-state index contributed by atoms with van der Waals surface area (Å²) in [5.41, 5.74) is 0.301. The molecular formula is C19H22N6O3. The Morgan fingerprint density at radius 3 is 2.54 bits per heavy atom. The van der Waals surface area contributed by atoms with Gasteiger partial charge in [-0.2, -0.15) is 0 Å². The lowest BCUT2D eigenvalue weighted by atomic mass is 9.76. The maximum Gasteiger partial charge on any atom is 0.322 e. The summed E-state index contributed by atoms with van der Waals surface area (Å²) in [6.45, 7) is 2.91. The average Bonchev–Trinajstić information content (AvgIpc) is 3.33. The van der Waals surface area contributed by atoms with Crippen molar-refractivity contribution < 1.29 is 14.4 Å². The SMILES string of the molecule is CCC1(C2CCN(C(=O)c3cnnn3-c3ccccc3)CC2)NC(=O)NC1=O. The lowest BCUT2D eigenvalue weighted by molar-refractivity contribution is -0.126. The van der Waals surface area contributed by atoms with Gasteiger partial charge < -0.3 is 10.2 Å². The number of carbonyl (C=O) groups is 3. The van der Waals surface area contributed by atoms with E-state index in [4.69, 9.17) is 0 Å². The van der Waals surface area contributed by atoms with Gasteiger partial charge >= 0.3 is 6.03 Å². The molecular weight excluding hydrogens is 360 g/mol. The first-order valence-corrected chi connectivity index (χ1v) is 9.44. The zero-order valence-corrected chi connectivity index (χ0v) is 15.6. The number of aromatic nitrogens is 3. The Morgan fingerprint density at radius 1 is 1.21 bits per heavy atom. The number of benzene rings is 1. The number of amides is 4. The van der Waals surface area contributed by atoms with E-state index < -0.39 is 11.6 Å². The Labute approximate surface area is 162 Å². The molecule has 2 aliphatic heterocycles. The summed E-state index contributed by atoms with van der Waals surface area (Å²) in [5, 5.41) is 13.1. The van der Waals surface area contributed by atoms with Crippen LogP contribution in [0.2, 0.25) is 0 Å². The highest BCUT2D eigenvalue weighted by atomic mass is 16.2. The number of nitrogens with one attached hydrogen (secondary N) is 2. The molecule has 146 valence electrons. The number of hydrogen-bond donors (Lipinski definition) is 2. The minimum atomic E-state index is -0.875. The third kappa shape index (κ3) is 2.92. The van der Waals surface area contributed by atoms with Gasteiger partial charge in [-0.3, -0.25) is 14.9 Å². The van der Waals surface area contributed by atoms with Gasteiger partial charge in [0.1, 0.15) is 5.54 Å². The predicted octanol–water partition coefficient (Wildman–Crippen LogP) is 1.11. The highest BCUT2D eigenvalue weighted by Crippen LogP contribution is 2.33. The van der Waals surface area contributed by atoms with Crippen LogP contribution in [0.3, 0.4) is 0 Å². The molecule has 9 heteroatoms. The van der Waals surface area contributed by atoms with Crippen molar-refractivity contribution in [3.8, 4) is 5.69 Å². The molecule has 2 fully saturated rings. The summed E-state index contributed by atoms with van der Waals surface area (Å²) < 4.78 is 1.53. The molecule has 0 saturated carbocycles. The van der Waals surface area contributed by atoms with Crippen LogP contribution in [0.5, 0.6) is 0 Å². The second kappa shape index (κ2) is 7.06. The molecule has 1 aromatic heterocycles. The number of imide groups is 1. The van der Waals surface area contributed by atoms with Crippen molar-refractivity contribution in [3.05, 3.63) is 42.2 Å². The molecule has 1 unspecified atom stereocenters. The van der Waals surface area contributed by atoms with Gasteiger partial charge in [0.25, 0.3) is 11.8 Å². The van der Waals surface area contributed by atoms with Gasteiger partial charge in [0.2, 0.25) is 0 Å². The molecule has 0 bridgehead atoms. The van der Waals surface area contributed by atoms with Crippen LogP contribution in [0.4, 0.5) is 4.79 Å². The predicted molar refractivity (Wildman–Crippen MR) is 99.7 cm³/mol. The van der Waals surface area contributed by atoms with E-state index in [1.54, 1.807) is 4.90 Å². The lowest BCUT2D eigenvalue weighted by Crippen LogP contribution is -2.56. The number of piperidine rings is 1. The van der Waals surface area contributed by atoms with Gasteiger partial charge in [0, 0.05) is 13.1 Å². The van der Waals surface area contributed by atoms with Gasteiger partial charge in [0.05, 0.1) is 11.9 Å². The molecule has 4 rings (SSSR count). The van der Waals surface area contributed by atoms with Crippen LogP contribution in [-0.4, -0.2) is 56.4 Å². The van der Waals surface area contributed by atoms with E-state index in [9.17, 15) is 14.4 Å². The number of para-hydroxylation sites is 1. The van der Waals surface area contributed by atoms with Gasteiger partial charge in [-0.05, 0) is 37.3 Å². The van der Waals surface area contributed by atoms with Crippen molar-refractivity contribution >= 4 is 17.8 Å². The summed E-state index contributed by atoms with van der Waals surface area (Å²) in [6.07, 6.45) is 3.27. The first-order valence-electron chi connectivity index (χ1n) is 9.44. The highest BCUT2D eigenvalue weighted by molar-refractivity contribution is 6.07. The smallest absolute Gasteiger partial charge is 0.322 e. The van der Waals surface area contributed by atoms with Crippen LogP contribution in [0.1, 0.15) is 36.7 Å². The summed E-state index contributed by atoms with van der Waals surface area (Å²) in [4.78, 5) is 38.8. The third-order valence-electron chi connectivity index (χ3n) is 5.77. The molecule has 28 heavy (non-hydrogen) atoms. The number of likely N-dealkylation sites (tertiary alicyclic amines) is 1. The molecule has 3 heterocycles. The molecule has 1 aromatic carbocycles. The Bertz CT molecular complexity index is 903. The third-order valence-corrected chi connectivity index (χ3v) is 5.77. The van der Waals surface area contributed by atoms with Crippen LogP contribution in [0.15, 0.2) is 36.5 Å². The second-order valence-electron chi connectivity index (χ2n) is 7.17. The van der Waals surface area contributed by atoms with E-state index >= 15 is 0 Å². The van der Waals surface area contributed by atoms with Crippen molar-refractivity contribution in [1.82, 2.24) is 30.5 Å². The average molecular weight is 382 g/mol. The fourth-order valence-electron chi connectivity index (χ4n) is 4.21. The van der Waals surface area contributed by atoms with Crippen LogP contribution in [-0.2, 0) is 4.79 Å². The summed E-state index contributed by atoms with van der Waals surface area (Å²) >= 11 is 0. The summed E-state index contributed by atoms with van der Waals surface area (Å²) in [6, 6.07) is 8.94. The Morgan fingerprint density at radius 2 is 1.93 bits per heavy atom. The van der Waals surface area contributed by atoms with E-state index in [0.29, 0.717) is 38.0 Å². The molecule has 2 aliphatic rings. The molecule has 4 amide bonds. The Hall–Kier alpha value is -3.23. The van der Waals surface area contributed by atoms with E-state index in [-0.39, 0.29) is 17.7 Å². The second-order valence-corrected chi connectivity index (χ2v) is 7.17. The monoisotopic (exact) mass is 382 g/mol. The van der Waals surface area contributed by atoms with E-state index in [1.807, 2.05) is 37.3 Å². The van der Waals surface area contributed by atoms with Gasteiger partial charge in [-0.1, -0.05) is 30.3 Å². The van der Waals surface area contributed by atoms with Gasteiger partial charge in [0.15, 0.2) is 5.69 Å². The molecule has 0 aliphatic carbocycles. The van der Waals surface area contributed by atoms with Crippen molar-refractivity contribution in [2.75, 3.05) is 13.1 Å². The number of hydrogen-bond acceptors (Lipinski definition) is 5. The molecule has 2 N–H and O–H groups in total. The van der Waals surface area contributed by atoms with Crippen molar-refractivity contribution in [1.29, 1.82) is 0 Å². The zero-order valence-electron chi connectivity index (χ0n) is 15.6. The molecule has 2 aromatic rings. The summed E-state index contributed by atoms with van der Waals surface area (Å²) in [5.74, 6) is -0.418. The topological polar surface area (TPSA) is 109 Å². The number of carbonyl (C=O) groups excluding carboxylic acids is 3. The first-order chi connectivity index (χ1) is 13.5. The Balaban J connectivity index is 1.48. The maximum absolute atomic E-state index is 13.0. The first kappa shape index (κ1) is 18.1. The minimum absolute atomic E-state index is 0.00911. The molecule has 9 nitrogen and oxygen atoms in total. The van der Waals surface area contributed by atoms with Crippen LogP contribution < -0.4 is 10.6 Å². The number of rotatable bonds is 4. The van der Waals surface area contributed by atoms with E-state index in [0.717, 1.165) is 5.69 Å². The standard InChI is InChI=1S/C19H22N6O3/c1-2-19(17(27)21-18(28)22-19)13-8-10-24(11-9-13)16(26)15-12-20-23-25(15)14-6-4-3-5-7-14/h3-7,12-13H,2,8-11H2,1H3,(H2,21,22,27,28). The van der Waals surface area contributed by atoms with Gasteiger partial charge in [-0.25, -0.2) is 9.48 Å². The fourth-order valence-corrected chi connectivity index (χ4v) is 4.21. The van der Waals surface area contributed by atoms with Crippen molar-refractivity contribution in [3.63, 3.8) is 0 Å². The van der Waals surface area contributed by atoms with Crippen molar-refractivity contribution in [2.45, 2.75) is 31.7 Å². The summed E-state index contributed by atoms with van der Waals surface area (Å²) in [7, 11) is 0. The highest BCUT2D eigenvalue weighted by Gasteiger charge is 2.51. The molecule has 1 atom stereocenters. The van der Waals surface area contributed by atoms with Crippen molar-refractivity contribution in [2.24, 2.45) is 5.92 Å². The lowest BCUT2D eigenvalue weighted by Gasteiger charge is -2.40. The quantitative estimate of drug-likeness (QED) is 0.770. The zero-order chi connectivity index (χ0) is 19.7. The van der Waals surface area contributed by atoms with Gasteiger partial charge in [-0.15, -0.1) is 5.10 Å². The fraction of sp³-hybridized carbons (Fsp3) is 0.421. The van der Waals surface area contributed by atoms with E-state index in [2.05, 4.69) is 20.9 Å². The molecule has 0 spiro atoms. The van der Waals surface area contributed by atoms with Crippen LogP contribution in [0.25, 0.3) is 5.69 Å². The normalized spacial score (nSPS) is 22.8. The minimum Gasteiger partial charge on any atom is -0.337 e. The largest absolute Gasteiger partial charge is 0.337 e. The number of urea groups is 1. The van der Waals surface area contributed by atoms with E-state index in [1.165, 1.54) is 10.9 Å². The maximum atomic E-state index is 13.0.